The van der Waals surface area contributed by atoms with Crippen LogP contribution in [0.15, 0.2) is 12.1 Å². The molecule has 0 amide bonds. The number of phenolic OH excluding ortho intramolecular Hbond substituents is 1. The second-order valence-corrected chi connectivity index (χ2v) is 8.07. The van der Waals surface area contributed by atoms with Crippen LogP contribution in [0.25, 0.3) is 0 Å². The Morgan fingerprint density at radius 3 is 2.18 bits per heavy atom. The van der Waals surface area contributed by atoms with E-state index in [0.717, 1.165) is 18.1 Å². The van der Waals surface area contributed by atoms with E-state index < -0.39 is 0 Å². The first-order chi connectivity index (χ1) is 10.7. The minimum absolute atomic E-state index is 0.585. The summed E-state index contributed by atoms with van der Waals surface area (Å²) in [5, 5.41) is 11.4. The number of unbranched alkanes of at least 4 members (excludes halogenated alkanes) is 2. The third-order valence-electron chi connectivity index (χ3n) is 4.66. The Hall–Kier alpha value is -0.630. The van der Waals surface area contributed by atoms with Crippen LogP contribution in [0.5, 0.6) is 5.75 Å². The molecule has 1 N–H and O–H groups in total. The van der Waals surface area contributed by atoms with Crippen LogP contribution in [0.1, 0.15) is 75.5 Å². The fraction of sp³-hybridized carbons (Fsp3) is 0.700. The van der Waals surface area contributed by atoms with Crippen LogP contribution < -0.4 is 0 Å². The van der Waals surface area contributed by atoms with Crippen molar-refractivity contribution in [2.75, 3.05) is 5.75 Å². The Bertz CT molecular complexity index is 420. The molecule has 0 radical (unpaired) electrons. The van der Waals surface area contributed by atoms with E-state index in [1.165, 1.54) is 73.8 Å². The fourth-order valence-electron chi connectivity index (χ4n) is 3.30. The predicted octanol–water partition coefficient (Wildman–Crippen LogP) is 5.91. The zero-order chi connectivity index (χ0) is 15.8. The minimum atomic E-state index is 0.585. The molecule has 1 saturated heterocycles. The van der Waals surface area contributed by atoms with Gasteiger partial charge in [0.25, 0.3) is 0 Å². The summed E-state index contributed by atoms with van der Waals surface area (Å²) in [6, 6.07) is 4.57. The lowest BCUT2D eigenvalue weighted by molar-refractivity contribution is 0.458. The Morgan fingerprint density at radius 1 is 1.05 bits per heavy atom. The zero-order valence-electron chi connectivity index (χ0n) is 14.4. The Morgan fingerprint density at radius 2 is 1.68 bits per heavy atom. The number of benzene rings is 1. The second kappa shape index (κ2) is 9.50. The first-order valence-corrected chi connectivity index (χ1v) is 10.2. The van der Waals surface area contributed by atoms with Crippen molar-refractivity contribution in [3.05, 3.63) is 28.8 Å². The number of thioether (sulfide) groups is 1. The van der Waals surface area contributed by atoms with E-state index in [-0.39, 0.29) is 0 Å². The van der Waals surface area contributed by atoms with E-state index in [4.69, 9.17) is 0 Å². The molecule has 0 aliphatic carbocycles. The molecule has 1 heterocycles. The van der Waals surface area contributed by atoms with E-state index in [1.54, 1.807) is 0 Å². The summed E-state index contributed by atoms with van der Waals surface area (Å²) in [7, 11) is 0. The van der Waals surface area contributed by atoms with Gasteiger partial charge >= 0.3 is 0 Å². The molecule has 0 spiro atoms. The van der Waals surface area contributed by atoms with Gasteiger partial charge in [-0.05, 0) is 67.4 Å². The van der Waals surface area contributed by atoms with Gasteiger partial charge in [0.15, 0.2) is 0 Å². The average molecular weight is 321 g/mol. The summed E-state index contributed by atoms with van der Waals surface area (Å²) in [5.74, 6) is 1.91. The van der Waals surface area contributed by atoms with Gasteiger partial charge in [0.05, 0.1) is 0 Å². The Labute approximate surface area is 140 Å². The maximum absolute atomic E-state index is 10.6. The van der Waals surface area contributed by atoms with Crippen molar-refractivity contribution in [3.63, 3.8) is 0 Å². The van der Waals surface area contributed by atoms with Crippen LogP contribution in [-0.4, -0.2) is 16.1 Å². The predicted molar refractivity (Wildman–Crippen MR) is 99.1 cm³/mol. The van der Waals surface area contributed by atoms with E-state index in [9.17, 15) is 5.11 Å². The standard InChI is InChI=1S/C20H32OS/c1-3-5-9-17-13-16(15-19-11-7-8-12-22-19)14-18(20(17)21)10-6-4-2/h13-14,19,21H,3-12,15H2,1-2H3. The molecule has 2 rings (SSSR count). The summed E-state index contributed by atoms with van der Waals surface area (Å²) in [5.41, 5.74) is 3.83. The molecule has 1 atom stereocenters. The van der Waals surface area contributed by atoms with Gasteiger partial charge in [0.1, 0.15) is 5.75 Å². The second-order valence-electron chi connectivity index (χ2n) is 6.66. The van der Waals surface area contributed by atoms with Gasteiger partial charge in [-0.3, -0.25) is 0 Å². The molecular weight excluding hydrogens is 288 g/mol. The van der Waals surface area contributed by atoms with Crippen molar-refractivity contribution >= 4 is 11.8 Å². The first kappa shape index (κ1) is 17.7. The molecule has 2 heteroatoms. The lowest BCUT2D eigenvalue weighted by atomic mass is 9.94. The first-order valence-electron chi connectivity index (χ1n) is 9.19. The van der Waals surface area contributed by atoms with Crippen LogP contribution in [-0.2, 0) is 19.3 Å². The third kappa shape index (κ3) is 5.22. The van der Waals surface area contributed by atoms with Crippen LogP contribution in [0.4, 0.5) is 0 Å². The molecule has 1 aromatic rings. The van der Waals surface area contributed by atoms with Gasteiger partial charge in [-0.2, -0.15) is 11.8 Å². The quantitative estimate of drug-likeness (QED) is 0.643. The molecule has 0 aromatic heterocycles. The number of aromatic hydroxyl groups is 1. The monoisotopic (exact) mass is 320 g/mol. The molecule has 0 saturated carbocycles. The average Bonchev–Trinajstić information content (AvgIpc) is 2.54. The van der Waals surface area contributed by atoms with Crippen molar-refractivity contribution < 1.29 is 5.11 Å². The molecule has 124 valence electrons. The highest BCUT2D eigenvalue weighted by Crippen LogP contribution is 2.32. The molecule has 1 unspecified atom stereocenters. The summed E-state index contributed by atoms with van der Waals surface area (Å²) < 4.78 is 0. The largest absolute Gasteiger partial charge is 0.507 e. The van der Waals surface area contributed by atoms with Crippen molar-refractivity contribution in [3.8, 4) is 5.75 Å². The molecule has 1 fully saturated rings. The molecule has 1 aliphatic heterocycles. The highest BCUT2D eigenvalue weighted by Gasteiger charge is 2.16. The maximum Gasteiger partial charge on any atom is 0.121 e. The summed E-state index contributed by atoms with van der Waals surface area (Å²) >= 11 is 2.15. The topological polar surface area (TPSA) is 20.2 Å². The van der Waals surface area contributed by atoms with E-state index in [0.29, 0.717) is 5.75 Å². The fourth-order valence-corrected chi connectivity index (χ4v) is 4.64. The third-order valence-corrected chi connectivity index (χ3v) is 6.06. The molecule has 1 nitrogen and oxygen atoms in total. The van der Waals surface area contributed by atoms with E-state index >= 15 is 0 Å². The lowest BCUT2D eigenvalue weighted by Crippen LogP contribution is -2.13. The smallest absolute Gasteiger partial charge is 0.121 e. The van der Waals surface area contributed by atoms with Gasteiger partial charge in [0.2, 0.25) is 0 Å². The van der Waals surface area contributed by atoms with Crippen LogP contribution >= 0.6 is 11.8 Å². The number of hydrogen-bond acceptors (Lipinski definition) is 2. The highest BCUT2D eigenvalue weighted by molar-refractivity contribution is 7.99. The van der Waals surface area contributed by atoms with Crippen molar-refractivity contribution in [1.82, 2.24) is 0 Å². The van der Waals surface area contributed by atoms with E-state index in [2.05, 4.69) is 37.7 Å². The molecule has 1 aromatic carbocycles. The number of phenols is 1. The van der Waals surface area contributed by atoms with Crippen molar-refractivity contribution in [1.29, 1.82) is 0 Å². The molecular formula is C20H32OS. The van der Waals surface area contributed by atoms with Crippen LogP contribution in [0.3, 0.4) is 0 Å². The van der Waals surface area contributed by atoms with Crippen LogP contribution in [0.2, 0.25) is 0 Å². The normalized spacial score (nSPS) is 18.5. The SMILES string of the molecule is CCCCc1cc(CC2CCCCS2)cc(CCCC)c1O. The molecule has 1 aliphatic rings. The van der Waals surface area contributed by atoms with Gasteiger partial charge in [0, 0.05) is 5.25 Å². The molecule has 0 bridgehead atoms. The summed E-state index contributed by atoms with van der Waals surface area (Å²) in [6.45, 7) is 4.44. The van der Waals surface area contributed by atoms with Gasteiger partial charge in [-0.1, -0.05) is 45.2 Å². The number of aryl methyl sites for hydroxylation is 2. The van der Waals surface area contributed by atoms with Gasteiger partial charge in [-0.15, -0.1) is 0 Å². The zero-order valence-corrected chi connectivity index (χ0v) is 15.2. The maximum atomic E-state index is 10.6. The Balaban J connectivity index is 2.15. The van der Waals surface area contributed by atoms with Crippen molar-refractivity contribution in [2.45, 2.75) is 83.3 Å². The lowest BCUT2D eigenvalue weighted by Gasteiger charge is -2.22. The van der Waals surface area contributed by atoms with Crippen molar-refractivity contribution in [2.24, 2.45) is 0 Å². The van der Waals surface area contributed by atoms with E-state index in [1.807, 2.05) is 0 Å². The van der Waals surface area contributed by atoms with Crippen LogP contribution in [0, 0.1) is 0 Å². The Kier molecular flexibility index (Phi) is 7.65. The highest BCUT2D eigenvalue weighted by atomic mass is 32.2. The summed E-state index contributed by atoms with van der Waals surface area (Å²) in [4.78, 5) is 0. The minimum Gasteiger partial charge on any atom is -0.507 e. The number of hydrogen-bond donors (Lipinski definition) is 1. The molecule has 22 heavy (non-hydrogen) atoms. The number of rotatable bonds is 8. The van der Waals surface area contributed by atoms with Gasteiger partial charge < -0.3 is 5.11 Å². The van der Waals surface area contributed by atoms with Gasteiger partial charge in [-0.25, -0.2) is 0 Å². The summed E-state index contributed by atoms with van der Waals surface area (Å²) in [6.07, 6.45) is 12.1.